The first kappa shape index (κ1) is 12.4. The van der Waals surface area contributed by atoms with Crippen LogP contribution in [-0.4, -0.2) is 12.3 Å². The maximum atomic E-state index is 12.1. The second-order valence-corrected chi connectivity index (χ2v) is 5.25. The fourth-order valence-electron chi connectivity index (χ4n) is 2.28. The average Bonchev–Trinajstić information content (AvgIpc) is 2.18. The molecule has 0 unspecified atom stereocenters. The first-order valence-electron chi connectivity index (χ1n) is 5.89. The first-order chi connectivity index (χ1) is 7.00. The smallest absolute Gasteiger partial charge is 0.163 e. The zero-order chi connectivity index (χ0) is 11.5. The Morgan fingerprint density at radius 3 is 2.33 bits per heavy atom. The molecule has 0 bridgehead atoms. The highest BCUT2D eigenvalue weighted by atomic mass is 16.1. The van der Waals surface area contributed by atoms with Gasteiger partial charge in [0.1, 0.15) is 0 Å². The molecular formula is C13H23NO. The zero-order valence-corrected chi connectivity index (χ0v) is 10.2. The maximum Gasteiger partial charge on any atom is 0.163 e. The molecule has 0 spiro atoms. The van der Waals surface area contributed by atoms with Crippen LogP contribution in [0.25, 0.3) is 0 Å². The Kier molecular flexibility index (Phi) is 4.09. The van der Waals surface area contributed by atoms with Gasteiger partial charge in [-0.15, -0.1) is 0 Å². The summed E-state index contributed by atoms with van der Waals surface area (Å²) in [6, 6.07) is 0. The molecule has 2 nitrogen and oxygen atoms in total. The fraction of sp³-hybridized carbons (Fsp3) is 0.769. The van der Waals surface area contributed by atoms with E-state index in [1.165, 1.54) is 0 Å². The lowest BCUT2D eigenvalue weighted by Crippen LogP contribution is -2.40. The van der Waals surface area contributed by atoms with Crippen molar-refractivity contribution >= 4 is 5.78 Å². The molecule has 15 heavy (non-hydrogen) atoms. The van der Waals surface area contributed by atoms with Gasteiger partial charge in [-0.3, -0.25) is 4.79 Å². The van der Waals surface area contributed by atoms with E-state index in [9.17, 15) is 4.79 Å². The topological polar surface area (TPSA) is 43.1 Å². The van der Waals surface area contributed by atoms with Crippen molar-refractivity contribution < 1.29 is 4.79 Å². The molecule has 1 aliphatic carbocycles. The molecule has 2 heteroatoms. The second kappa shape index (κ2) is 4.93. The first-order valence-corrected chi connectivity index (χ1v) is 5.89. The van der Waals surface area contributed by atoms with Gasteiger partial charge in [0, 0.05) is 12.0 Å². The van der Waals surface area contributed by atoms with Crippen molar-refractivity contribution in [3.63, 3.8) is 0 Å². The van der Waals surface area contributed by atoms with Gasteiger partial charge in [0.25, 0.3) is 0 Å². The van der Waals surface area contributed by atoms with Gasteiger partial charge < -0.3 is 5.73 Å². The summed E-state index contributed by atoms with van der Waals surface area (Å²) in [4.78, 5) is 12.1. The van der Waals surface area contributed by atoms with Crippen LogP contribution in [0.3, 0.4) is 0 Å². The summed E-state index contributed by atoms with van der Waals surface area (Å²) >= 11 is 0. The largest absolute Gasteiger partial charge is 0.329 e. The van der Waals surface area contributed by atoms with E-state index in [4.69, 9.17) is 5.73 Å². The number of allylic oxidation sites excluding steroid dienone is 2. The van der Waals surface area contributed by atoms with Gasteiger partial charge in [-0.05, 0) is 51.5 Å². The highest BCUT2D eigenvalue weighted by Gasteiger charge is 2.38. The van der Waals surface area contributed by atoms with Gasteiger partial charge >= 0.3 is 0 Å². The summed E-state index contributed by atoms with van der Waals surface area (Å²) in [5.74, 6) is 1.00. The van der Waals surface area contributed by atoms with E-state index < -0.39 is 0 Å². The minimum atomic E-state index is -0.246. The van der Waals surface area contributed by atoms with Crippen molar-refractivity contribution in [3.05, 3.63) is 11.6 Å². The Labute approximate surface area is 92.9 Å². The molecule has 0 aliphatic heterocycles. The number of ketones is 1. The van der Waals surface area contributed by atoms with Gasteiger partial charge in [0.15, 0.2) is 5.78 Å². The van der Waals surface area contributed by atoms with Gasteiger partial charge in [0.2, 0.25) is 0 Å². The summed E-state index contributed by atoms with van der Waals surface area (Å²) in [7, 11) is 0. The maximum absolute atomic E-state index is 12.1. The van der Waals surface area contributed by atoms with E-state index in [-0.39, 0.29) is 11.2 Å². The summed E-state index contributed by atoms with van der Waals surface area (Å²) in [5, 5.41) is 0. The van der Waals surface area contributed by atoms with Crippen molar-refractivity contribution in [2.24, 2.45) is 17.1 Å². The van der Waals surface area contributed by atoms with Crippen molar-refractivity contribution in [1.82, 2.24) is 0 Å². The quantitative estimate of drug-likeness (QED) is 0.726. The zero-order valence-electron chi connectivity index (χ0n) is 10.2. The lowest BCUT2D eigenvalue weighted by atomic mass is 9.68. The molecule has 0 radical (unpaired) electrons. The van der Waals surface area contributed by atoms with E-state index in [1.54, 1.807) is 6.08 Å². The van der Waals surface area contributed by atoms with Gasteiger partial charge in [-0.1, -0.05) is 12.5 Å². The number of rotatable bonds is 3. The average molecular weight is 209 g/mol. The summed E-state index contributed by atoms with van der Waals surface area (Å²) in [6.07, 6.45) is 5.97. The van der Waals surface area contributed by atoms with E-state index in [0.29, 0.717) is 6.54 Å². The van der Waals surface area contributed by atoms with Crippen LogP contribution in [0.1, 0.15) is 46.5 Å². The van der Waals surface area contributed by atoms with Gasteiger partial charge in [-0.2, -0.15) is 0 Å². The molecule has 0 saturated heterocycles. The molecule has 0 aromatic carbocycles. The van der Waals surface area contributed by atoms with Crippen LogP contribution in [0.5, 0.6) is 0 Å². The predicted octanol–water partition coefficient (Wildman–Crippen LogP) is 2.68. The lowest BCUT2D eigenvalue weighted by molar-refractivity contribution is -0.125. The Hall–Kier alpha value is -0.630. The normalized spacial score (nSPS) is 31.1. The molecule has 0 atom stereocenters. The Balaban J connectivity index is 2.77. The van der Waals surface area contributed by atoms with Crippen molar-refractivity contribution in [3.8, 4) is 0 Å². The summed E-state index contributed by atoms with van der Waals surface area (Å²) < 4.78 is 0. The SMILES string of the molecule is CC(C)=CC(=O)C1(CN)CCC(C)CC1. The van der Waals surface area contributed by atoms with Crippen LogP contribution in [0.2, 0.25) is 0 Å². The lowest BCUT2D eigenvalue weighted by Gasteiger charge is -2.36. The van der Waals surface area contributed by atoms with Crippen LogP contribution >= 0.6 is 0 Å². The van der Waals surface area contributed by atoms with Crippen LogP contribution in [0, 0.1) is 11.3 Å². The molecule has 0 aromatic heterocycles. The van der Waals surface area contributed by atoms with Crippen LogP contribution in [-0.2, 0) is 4.79 Å². The predicted molar refractivity (Wildman–Crippen MR) is 63.6 cm³/mol. The van der Waals surface area contributed by atoms with Crippen molar-refractivity contribution in [2.45, 2.75) is 46.5 Å². The van der Waals surface area contributed by atoms with E-state index in [0.717, 1.165) is 37.2 Å². The molecule has 1 aliphatic rings. The minimum Gasteiger partial charge on any atom is -0.329 e. The van der Waals surface area contributed by atoms with E-state index >= 15 is 0 Å². The molecule has 0 amide bonds. The van der Waals surface area contributed by atoms with Crippen molar-refractivity contribution in [1.29, 1.82) is 0 Å². The van der Waals surface area contributed by atoms with Gasteiger partial charge in [-0.25, -0.2) is 0 Å². The Morgan fingerprint density at radius 1 is 1.40 bits per heavy atom. The van der Waals surface area contributed by atoms with Crippen molar-refractivity contribution in [2.75, 3.05) is 6.54 Å². The third-order valence-electron chi connectivity index (χ3n) is 3.56. The highest BCUT2D eigenvalue weighted by molar-refractivity contribution is 5.95. The van der Waals surface area contributed by atoms with Crippen LogP contribution in [0.15, 0.2) is 11.6 Å². The molecule has 1 rings (SSSR count). The number of hydrogen-bond donors (Lipinski definition) is 1. The van der Waals surface area contributed by atoms with Gasteiger partial charge in [0.05, 0.1) is 0 Å². The van der Waals surface area contributed by atoms with Crippen LogP contribution < -0.4 is 5.73 Å². The third-order valence-corrected chi connectivity index (χ3v) is 3.56. The molecule has 1 saturated carbocycles. The number of carbonyl (C=O) groups is 1. The number of carbonyl (C=O) groups excluding carboxylic acids is 1. The summed E-state index contributed by atoms with van der Waals surface area (Å²) in [6.45, 7) is 6.69. The molecule has 0 aromatic rings. The molecule has 0 heterocycles. The molecule has 2 N–H and O–H groups in total. The minimum absolute atomic E-state index is 0.246. The van der Waals surface area contributed by atoms with Crippen LogP contribution in [0.4, 0.5) is 0 Å². The molecule has 1 fully saturated rings. The number of nitrogens with two attached hydrogens (primary N) is 1. The second-order valence-electron chi connectivity index (χ2n) is 5.25. The standard InChI is InChI=1S/C13H23NO/c1-10(2)8-12(15)13(9-14)6-4-11(3)5-7-13/h8,11H,4-7,9,14H2,1-3H3. The summed E-state index contributed by atoms with van der Waals surface area (Å²) in [5.41, 5.74) is 6.64. The fourth-order valence-corrected chi connectivity index (χ4v) is 2.28. The molecular weight excluding hydrogens is 186 g/mol. The number of hydrogen-bond acceptors (Lipinski definition) is 2. The Bertz CT molecular complexity index is 256. The highest BCUT2D eigenvalue weighted by Crippen LogP contribution is 2.39. The Morgan fingerprint density at radius 2 is 1.93 bits per heavy atom. The van der Waals surface area contributed by atoms with E-state index in [1.807, 2.05) is 13.8 Å². The third kappa shape index (κ3) is 2.91. The molecule has 86 valence electrons. The van der Waals surface area contributed by atoms with E-state index in [2.05, 4.69) is 6.92 Å². The monoisotopic (exact) mass is 209 g/mol.